The Hall–Kier alpha value is -1.67. The molecule has 2 atom stereocenters. The molecule has 2 rings (SSSR count). The maximum absolute atomic E-state index is 9.31. The molecule has 0 bridgehead atoms. The minimum atomic E-state index is 0.142. The zero-order valence-corrected chi connectivity index (χ0v) is 11.3. The highest BCUT2D eigenvalue weighted by atomic mass is 16.5. The number of hydrogen-bond acceptors (Lipinski definition) is 5. The Morgan fingerprint density at radius 2 is 1.83 bits per heavy atom. The average Bonchev–Trinajstić information content (AvgIpc) is 2.31. The lowest BCUT2D eigenvalue weighted by Gasteiger charge is -2.36. The van der Waals surface area contributed by atoms with Crippen molar-refractivity contribution in [3.05, 3.63) is 16.8 Å². The van der Waals surface area contributed by atoms with Gasteiger partial charge in [-0.3, -0.25) is 0 Å². The van der Waals surface area contributed by atoms with E-state index in [-0.39, 0.29) is 12.2 Å². The van der Waals surface area contributed by atoms with Crippen LogP contribution in [0.2, 0.25) is 0 Å². The summed E-state index contributed by atoms with van der Waals surface area (Å²) in [6, 6.07) is 2.25. The molecule has 1 aromatic heterocycles. The molecule has 1 aliphatic heterocycles. The van der Waals surface area contributed by atoms with Gasteiger partial charge in [0.15, 0.2) is 5.82 Å². The van der Waals surface area contributed by atoms with Crippen molar-refractivity contribution < 1.29 is 4.74 Å². The molecule has 96 valence electrons. The predicted molar refractivity (Wildman–Crippen MR) is 68.4 cm³/mol. The van der Waals surface area contributed by atoms with Crippen molar-refractivity contribution in [3.63, 3.8) is 0 Å². The van der Waals surface area contributed by atoms with E-state index in [9.17, 15) is 5.26 Å². The van der Waals surface area contributed by atoms with Crippen LogP contribution < -0.4 is 4.90 Å². The van der Waals surface area contributed by atoms with Gasteiger partial charge in [-0.1, -0.05) is 0 Å². The molecule has 0 aromatic carbocycles. The summed E-state index contributed by atoms with van der Waals surface area (Å²) in [5, 5.41) is 17.6. The molecule has 1 saturated heterocycles. The Bertz CT molecular complexity index is 484. The van der Waals surface area contributed by atoms with Gasteiger partial charge in [0.1, 0.15) is 11.6 Å². The first-order valence-corrected chi connectivity index (χ1v) is 6.17. The van der Waals surface area contributed by atoms with E-state index in [1.54, 1.807) is 0 Å². The van der Waals surface area contributed by atoms with Gasteiger partial charge in [-0.25, -0.2) is 0 Å². The van der Waals surface area contributed by atoms with Gasteiger partial charge in [0.2, 0.25) is 0 Å². The summed E-state index contributed by atoms with van der Waals surface area (Å²) in [5.41, 5.74) is 2.35. The highest BCUT2D eigenvalue weighted by Gasteiger charge is 2.26. The Morgan fingerprint density at radius 3 is 2.39 bits per heavy atom. The number of nitrogens with zero attached hydrogens (tertiary/aromatic N) is 4. The molecule has 0 saturated carbocycles. The van der Waals surface area contributed by atoms with E-state index in [2.05, 4.69) is 21.2 Å². The van der Waals surface area contributed by atoms with Crippen LogP contribution in [0.1, 0.15) is 30.7 Å². The van der Waals surface area contributed by atoms with Crippen LogP contribution >= 0.6 is 0 Å². The van der Waals surface area contributed by atoms with E-state index >= 15 is 0 Å². The van der Waals surface area contributed by atoms with Crippen LogP contribution in [-0.4, -0.2) is 35.5 Å². The molecule has 0 amide bonds. The fourth-order valence-corrected chi connectivity index (χ4v) is 2.30. The first-order chi connectivity index (χ1) is 8.52. The zero-order valence-electron chi connectivity index (χ0n) is 11.3. The molecule has 2 heterocycles. The van der Waals surface area contributed by atoms with Crippen LogP contribution in [0.5, 0.6) is 0 Å². The predicted octanol–water partition coefficient (Wildman–Crippen LogP) is 1.58. The van der Waals surface area contributed by atoms with E-state index < -0.39 is 0 Å². The fourth-order valence-electron chi connectivity index (χ4n) is 2.30. The molecular weight excluding hydrogens is 228 g/mol. The summed E-state index contributed by atoms with van der Waals surface area (Å²) in [5.74, 6) is 0.683. The molecule has 1 fully saturated rings. The number of nitriles is 1. The van der Waals surface area contributed by atoms with Crippen LogP contribution in [-0.2, 0) is 4.74 Å². The Morgan fingerprint density at radius 1 is 1.22 bits per heavy atom. The maximum Gasteiger partial charge on any atom is 0.169 e. The van der Waals surface area contributed by atoms with Crippen molar-refractivity contribution in [2.24, 2.45) is 0 Å². The van der Waals surface area contributed by atoms with Gasteiger partial charge < -0.3 is 9.64 Å². The Kier molecular flexibility index (Phi) is 3.48. The van der Waals surface area contributed by atoms with Crippen LogP contribution in [0, 0.1) is 25.2 Å². The number of aryl methyl sites for hydroxylation is 1. The van der Waals surface area contributed by atoms with E-state index in [0.717, 1.165) is 24.3 Å². The second-order valence-electron chi connectivity index (χ2n) is 4.88. The molecule has 1 aliphatic rings. The van der Waals surface area contributed by atoms with Gasteiger partial charge in [-0.15, -0.1) is 5.10 Å². The zero-order chi connectivity index (χ0) is 13.3. The minimum absolute atomic E-state index is 0.142. The first-order valence-electron chi connectivity index (χ1n) is 6.17. The summed E-state index contributed by atoms with van der Waals surface area (Å²) < 4.78 is 5.69. The molecule has 0 radical (unpaired) electrons. The van der Waals surface area contributed by atoms with Crippen LogP contribution in [0.3, 0.4) is 0 Å². The number of anilines is 1. The topological polar surface area (TPSA) is 62.0 Å². The van der Waals surface area contributed by atoms with Gasteiger partial charge in [-0.2, -0.15) is 10.4 Å². The number of aromatic nitrogens is 2. The number of rotatable bonds is 1. The molecule has 0 aliphatic carbocycles. The highest BCUT2D eigenvalue weighted by Crippen LogP contribution is 2.24. The third kappa shape index (κ3) is 2.29. The molecule has 2 unspecified atom stereocenters. The third-order valence-electron chi connectivity index (χ3n) is 3.27. The number of ether oxygens (including phenoxy) is 1. The van der Waals surface area contributed by atoms with Crippen molar-refractivity contribution in [2.45, 2.75) is 39.9 Å². The lowest BCUT2D eigenvalue weighted by atomic mass is 10.1. The quantitative estimate of drug-likeness (QED) is 0.752. The average molecular weight is 246 g/mol. The van der Waals surface area contributed by atoms with Gasteiger partial charge >= 0.3 is 0 Å². The minimum Gasteiger partial charge on any atom is -0.372 e. The molecule has 5 heteroatoms. The van der Waals surface area contributed by atoms with Crippen molar-refractivity contribution in [1.82, 2.24) is 10.2 Å². The summed E-state index contributed by atoms with van der Waals surface area (Å²) in [4.78, 5) is 2.09. The number of morpholine rings is 1. The van der Waals surface area contributed by atoms with Crippen molar-refractivity contribution in [3.8, 4) is 6.07 Å². The second-order valence-corrected chi connectivity index (χ2v) is 4.88. The lowest BCUT2D eigenvalue weighted by molar-refractivity contribution is -0.00552. The van der Waals surface area contributed by atoms with E-state index in [1.165, 1.54) is 0 Å². The van der Waals surface area contributed by atoms with E-state index in [4.69, 9.17) is 4.74 Å². The first kappa shape index (κ1) is 12.8. The van der Waals surface area contributed by atoms with E-state index in [1.807, 2.05) is 27.7 Å². The normalized spacial score (nSPS) is 23.8. The maximum atomic E-state index is 9.31. The standard InChI is InChI=1S/C13H18N4O/c1-8-6-17(7-9(2)18-8)13-12(5-14)10(3)11(4)15-16-13/h8-9H,6-7H2,1-4H3. The lowest BCUT2D eigenvalue weighted by Crippen LogP contribution is -2.46. The van der Waals surface area contributed by atoms with Gasteiger partial charge in [0, 0.05) is 13.1 Å². The Labute approximate surface area is 107 Å². The largest absolute Gasteiger partial charge is 0.372 e. The molecule has 18 heavy (non-hydrogen) atoms. The van der Waals surface area contributed by atoms with Gasteiger partial charge in [0.25, 0.3) is 0 Å². The highest BCUT2D eigenvalue weighted by molar-refractivity contribution is 5.57. The number of hydrogen-bond donors (Lipinski definition) is 0. The summed E-state index contributed by atoms with van der Waals surface area (Å²) >= 11 is 0. The van der Waals surface area contributed by atoms with Gasteiger partial charge in [0.05, 0.1) is 17.9 Å². The second kappa shape index (κ2) is 4.91. The van der Waals surface area contributed by atoms with Gasteiger partial charge in [-0.05, 0) is 33.3 Å². The third-order valence-corrected chi connectivity index (χ3v) is 3.27. The van der Waals surface area contributed by atoms with Crippen molar-refractivity contribution in [1.29, 1.82) is 5.26 Å². The Balaban J connectivity index is 2.39. The van der Waals surface area contributed by atoms with Crippen LogP contribution in [0.15, 0.2) is 0 Å². The summed E-state index contributed by atoms with van der Waals surface area (Å²) in [7, 11) is 0. The molecule has 0 spiro atoms. The van der Waals surface area contributed by atoms with Crippen LogP contribution in [0.4, 0.5) is 5.82 Å². The fraction of sp³-hybridized carbons (Fsp3) is 0.615. The molecule has 1 aromatic rings. The van der Waals surface area contributed by atoms with E-state index in [0.29, 0.717) is 11.4 Å². The van der Waals surface area contributed by atoms with Crippen molar-refractivity contribution >= 4 is 5.82 Å². The van der Waals surface area contributed by atoms with Crippen molar-refractivity contribution in [2.75, 3.05) is 18.0 Å². The summed E-state index contributed by atoms with van der Waals surface area (Å²) in [6.45, 7) is 9.34. The summed E-state index contributed by atoms with van der Waals surface area (Å²) in [6.07, 6.45) is 0.285. The molecule has 0 N–H and O–H groups in total. The smallest absolute Gasteiger partial charge is 0.169 e. The SMILES string of the molecule is Cc1nnc(N2CC(C)OC(C)C2)c(C#N)c1C. The molecule has 5 nitrogen and oxygen atoms in total. The molecular formula is C13H18N4O. The monoisotopic (exact) mass is 246 g/mol. The van der Waals surface area contributed by atoms with Crippen LogP contribution in [0.25, 0.3) is 0 Å².